The van der Waals surface area contributed by atoms with Crippen molar-refractivity contribution >= 4 is 5.97 Å². The van der Waals surface area contributed by atoms with E-state index in [1.54, 1.807) is 14.0 Å². The quantitative estimate of drug-likeness (QED) is 0.707. The summed E-state index contributed by atoms with van der Waals surface area (Å²) in [6, 6.07) is 0. The Morgan fingerprint density at radius 1 is 1.25 bits per heavy atom. The molecule has 0 aliphatic carbocycles. The summed E-state index contributed by atoms with van der Waals surface area (Å²) in [6.45, 7) is 10.5. The Hall–Kier alpha value is -0.610. The average Bonchev–Trinajstić information content (AvgIpc) is 2.15. The van der Waals surface area contributed by atoms with Gasteiger partial charge < -0.3 is 14.8 Å². The minimum atomic E-state index is -0.665. The zero-order valence-corrected chi connectivity index (χ0v) is 11.3. The van der Waals surface area contributed by atoms with Gasteiger partial charge in [0.05, 0.1) is 12.2 Å². The normalized spacial score (nSPS) is 15.6. The molecule has 1 N–H and O–H groups in total. The van der Waals surface area contributed by atoms with Gasteiger partial charge in [-0.25, -0.2) is 0 Å². The van der Waals surface area contributed by atoms with Gasteiger partial charge in [0.1, 0.15) is 5.54 Å². The van der Waals surface area contributed by atoms with Crippen molar-refractivity contribution < 1.29 is 14.3 Å². The fraction of sp³-hybridized carbons (Fsp3) is 0.917. The molecule has 96 valence electrons. The predicted molar refractivity (Wildman–Crippen MR) is 64.4 cm³/mol. The maximum absolute atomic E-state index is 11.7. The van der Waals surface area contributed by atoms with Crippen molar-refractivity contribution in [2.24, 2.45) is 0 Å². The number of rotatable bonds is 6. The Kier molecular flexibility index (Phi) is 5.97. The van der Waals surface area contributed by atoms with Gasteiger partial charge in [0.25, 0.3) is 0 Å². The lowest BCUT2D eigenvalue weighted by atomic mass is 9.99. The molecule has 0 aromatic carbocycles. The van der Waals surface area contributed by atoms with Crippen LogP contribution in [0.3, 0.4) is 0 Å². The van der Waals surface area contributed by atoms with Crippen LogP contribution in [0.1, 0.15) is 41.0 Å². The summed E-state index contributed by atoms with van der Waals surface area (Å²) < 4.78 is 10.6. The highest BCUT2D eigenvalue weighted by Gasteiger charge is 2.33. The van der Waals surface area contributed by atoms with Gasteiger partial charge in [0, 0.05) is 6.61 Å². The minimum absolute atomic E-state index is 0.177. The van der Waals surface area contributed by atoms with Crippen LogP contribution in [0.4, 0.5) is 0 Å². The molecule has 0 aromatic rings. The third kappa shape index (κ3) is 5.47. The number of nitrogens with one attached hydrogen (secondary N) is 1. The molecule has 0 fully saturated rings. The predicted octanol–water partition coefficient (Wildman–Crippen LogP) is 1.73. The number of ether oxygens (including phenoxy) is 2. The molecule has 0 aliphatic rings. The number of carbonyl (C=O) groups excluding carboxylic acids is 1. The molecule has 1 atom stereocenters. The van der Waals surface area contributed by atoms with E-state index in [4.69, 9.17) is 9.47 Å². The van der Waals surface area contributed by atoms with Crippen molar-refractivity contribution in [3.8, 4) is 0 Å². The van der Waals surface area contributed by atoms with Gasteiger partial charge in [-0.2, -0.15) is 0 Å². The second-order valence-corrected chi connectivity index (χ2v) is 5.01. The zero-order valence-electron chi connectivity index (χ0n) is 11.3. The molecule has 4 nitrogen and oxygen atoms in total. The van der Waals surface area contributed by atoms with Crippen molar-refractivity contribution in [1.82, 2.24) is 5.32 Å². The topological polar surface area (TPSA) is 47.6 Å². The van der Waals surface area contributed by atoms with Gasteiger partial charge in [-0.15, -0.1) is 0 Å². The molecule has 0 radical (unpaired) electrons. The highest BCUT2D eigenvalue weighted by atomic mass is 16.5. The highest BCUT2D eigenvalue weighted by Crippen LogP contribution is 2.15. The molecule has 0 heterocycles. The summed E-state index contributed by atoms with van der Waals surface area (Å²) in [4.78, 5) is 11.7. The Bertz CT molecular complexity index is 223. The molecule has 1 unspecified atom stereocenters. The number of carbonyl (C=O) groups is 1. The van der Waals surface area contributed by atoms with E-state index in [1.165, 1.54) is 0 Å². The van der Waals surface area contributed by atoms with Crippen molar-refractivity contribution in [3.63, 3.8) is 0 Å². The monoisotopic (exact) mass is 231 g/mol. The maximum Gasteiger partial charge on any atom is 0.326 e. The van der Waals surface area contributed by atoms with E-state index in [0.717, 1.165) is 0 Å². The van der Waals surface area contributed by atoms with Gasteiger partial charge in [0.15, 0.2) is 0 Å². The first kappa shape index (κ1) is 15.4. The summed E-state index contributed by atoms with van der Waals surface area (Å²) in [5.74, 6) is -0.227. The first-order valence-corrected chi connectivity index (χ1v) is 5.75. The lowest BCUT2D eigenvalue weighted by Gasteiger charge is -2.28. The van der Waals surface area contributed by atoms with Crippen molar-refractivity contribution in [3.05, 3.63) is 0 Å². The molecular weight excluding hydrogens is 206 g/mol. The lowest BCUT2D eigenvalue weighted by molar-refractivity contribution is -0.151. The number of likely N-dealkylation sites (N-methyl/N-ethyl adjacent to an activating group) is 1. The molecule has 0 saturated heterocycles. The van der Waals surface area contributed by atoms with E-state index in [0.29, 0.717) is 19.6 Å². The van der Waals surface area contributed by atoms with Crippen molar-refractivity contribution in [2.75, 3.05) is 20.3 Å². The van der Waals surface area contributed by atoms with Crippen LogP contribution in [-0.2, 0) is 14.3 Å². The van der Waals surface area contributed by atoms with Crippen LogP contribution in [0.5, 0.6) is 0 Å². The molecule has 0 aromatic heterocycles. The van der Waals surface area contributed by atoms with E-state index >= 15 is 0 Å². The van der Waals surface area contributed by atoms with Crippen LogP contribution in [0.15, 0.2) is 0 Å². The third-order valence-electron chi connectivity index (χ3n) is 2.41. The fourth-order valence-corrected chi connectivity index (χ4v) is 1.18. The van der Waals surface area contributed by atoms with Crippen LogP contribution >= 0.6 is 0 Å². The van der Waals surface area contributed by atoms with Crippen LogP contribution in [-0.4, -0.2) is 37.4 Å². The molecule has 16 heavy (non-hydrogen) atoms. The Morgan fingerprint density at radius 3 is 2.19 bits per heavy atom. The first-order chi connectivity index (χ1) is 7.25. The summed E-state index contributed by atoms with van der Waals surface area (Å²) >= 11 is 0. The van der Waals surface area contributed by atoms with Crippen molar-refractivity contribution in [1.29, 1.82) is 0 Å². The van der Waals surface area contributed by atoms with Gasteiger partial charge in [0.2, 0.25) is 0 Å². The number of esters is 1. The van der Waals surface area contributed by atoms with E-state index in [9.17, 15) is 4.79 Å². The third-order valence-corrected chi connectivity index (χ3v) is 2.41. The van der Waals surface area contributed by atoms with E-state index < -0.39 is 5.54 Å². The highest BCUT2D eigenvalue weighted by molar-refractivity contribution is 5.80. The molecule has 0 bridgehead atoms. The molecule has 4 heteroatoms. The zero-order chi connectivity index (χ0) is 12.8. The van der Waals surface area contributed by atoms with E-state index in [2.05, 4.69) is 5.32 Å². The molecule has 0 saturated carbocycles. The van der Waals surface area contributed by atoms with Gasteiger partial charge >= 0.3 is 5.97 Å². The summed E-state index contributed by atoms with van der Waals surface area (Å²) in [6.07, 6.45) is 0.597. The van der Waals surface area contributed by atoms with Crippen LogP contribution in [0, 0.1) is 0 Å². The van der Waals surface area contributed by atoms with Crippen LogP contribution in [0.25, 0.3) is 0 Å². The molecular formula is C12H25NO3. The second-order valence-electron chi connectivity index (χ2n) is 5.01. The molecule has 0 spiro atoms. The SMILES string of the molecule is CCOC(=O)C(C)(CCOC(C)(C)C)NC. The number of hydrogen-bond acceptors (Lipinski definition) is 4. The summed E-state index contributed by atoms with van der Waals surface area (Å²) in [5.41, 5.74) is -0.843. The number of hydrogen-bond donors (Lipinski definition) is 1. The Morgan fingerprint density at radius 2 is 1.81 bits per heavy atom. The molecule has 0 rings (SSSR count). The smallest absolute Gasteiger partial charge is 0.326 e. The maximum atomic E-state index is 11.7. The average molecular weight is 231 g/mol. The molecule has 0 aliphatic heterocycles. The standard InChI is InChI=1S/C12H25NO3/c1-7-15-10(14)12(5,13-6)8-9-16-11(2,3)4/h13H,7-9H2,1-6H3. The van der Waals surface area contributed by atoms with Gasteiger partial charge in [-0.3, -0.25) is 4.79 Å². The van der Waals surface area contributed by atoms with Crippen LogP contribution in [0.2, 0.25) is 0 Å². The molecule has 0 amide bonds. The second kappa shape index (κ2) is 6.21. The summed E-state index contributed by atoms with van der Waals surface area (Å²) in [7, 11) is 1.76. The van der Waals surface area contributed by atoms with Crippen molar-refractivity contribution in [2.45, 2.75) is 52.2 Å². The Labute approximate surface area is 98.7 Å². The Balaban J connectivity index is 4.22. The fourth-order valence-electron chi connectivity index (χ4n) is 1.18. The largest absolute Gasteiger partial charge is 0.465 e. The van der Waals surface area contributed by atoms with E-state index in [-0.39, 0.29) is 11.6 Å². The van der Waals surface area contributed by atoms with E-state index in [1.807, 2.05) is 27.7 Å². The minimum Gasteiger partial charge on any atom is -0.465 e. The lowest BCUT2D eigenvalue weighted by Crippen LogP contribution is -2.49. The van der Waals surface area contributed by atoms with Gasteiger partial charge in [-0.1, -0.05) is 0 Å². The summed E-state index contributed by atoms with van der Waals surface area (Å²) in [5, 5.41) is 2.99. The first-order valence-electron chi connectivity index (χ1n) is 5.75. The van der Waals surface area contributed by atoms with Crippen LogP contribution < -0.4 is 5.32 Å². The van der Waals surface area contributed by atoms with Gasteiger partial charge in [-0.05, 0) is 48.1 Å².